The second-order valence-electron chi connectivity index (χ2n) is 5.06. The largest absolute Gasteiger partial charge is 0.465 e. The molecule has 1 N–H and O–H groups in total. The third-order valence-corrected chi connectivity index (χ3v) is 3.82. The SMILES string of the molecule is COC(=O)c1ccc2c(c1)c(C1=CCNCC1)cn2C. The number of aromatic nitrogens is 1. The van der Waals surface area contributed by atoms with E-state index in [2.05, 4.69) is 22.2 Å². The molecule has 1 aliphatic rings. The Labute approximate surface area is 118 Å². The van der Waals surface area contributed by atoms with Crippen LogP contribution in [0.15, 0.2) is 30.5 Å². The van der Waals surface area contributed by atoms with E-state index in [0.29, 0.717) is 5.56 Å². The van der Waals surface area contributed by atoms with E-state index in [0.717, 1.165) is 30.4 Å². The molecule has 0 atom stereocenters. The Balaban J connectivity index is 2.16. The van der Waals surface area contributed by atoms with Crippen LogP contribution >= 0.6 is 0 Å². The average Bonchev–Trinajstić information content (AvgIpc) is 2.84. The number of aryl methyl sites for hydroxylation is 1. The number of nitrogens with one attached hydrogen (secondary N) is 1. The van der Waals surface area contributed by atoms with Gasteiger partial charge in [-0.3, -0.25) is 0 Å². The Hall–Kier alpha value is -2.07. The molecule has 0 saturated carbocycles. The maximum absolute atomic E-state index is 11.7. The molecule has 20 heavy (non-hydrogen) atoms. The molecular weight excluding hydrogens is 252 g/mol. The molecule has 104 valence electrons. The van der Waals surface area contributed by atoms with E-state index in [4.69, 9.17) is 4.74 Å². The minimum atomic E-state index is -0.291. The minimum Gasteiger partial charge on any atom is -0.465 e. The average molecular weight is 270 g/mol. The highest BCUT2D eigenvalue weighted by Gasteiger charge is 2.15. The molecule has 1 aromatic carbocycles. The highest BCUT2D eigenvalue weighted by atomic mass is 16.5. The molecule has 0 spiro atoms. The number of fused-ring (bicyclic) bond motifs is 1. The molecule has 0 fully saturated rings. The van der Waals surface area contributed by atoms with Gasteiger partial charge in [0.05, 0.1) is 12.7 Å². The summed E-state index contributed by atoms with van der Waals surface area (Å²) in [5, 5.41) is 4.44. The molecule has 4 heteroatoms. The highest BCUT2D eigenvalue weighted by molar-refractivity contribution is 5.99. The van der Waals surface area contributed by atoms with Crippen molar-refractivity contribution in [1.82, 2.24) is 9.88 Å². The van der Waals surface area contributed by atoms with Crippen LogP contribution in [0.1, 0.15) is 22.3 Å². The van der Waals surface area contributed by atoms with Crippen molar-refractivity contribution >= 4 is 22.4 Å². The van der Waals surface area contributed by atoms with E-state index < -0.39 is 0 Å². The monoisotopic (exact) mass is 270 g/mol. The fourth-order valence-electron chi connectivity index (χ4n) is 2.76. The lowest BCUT2D eigenvalue weighted by Gasteiger charge is -2.13. The van der Waals surface area contributed by atoms with E-state index >= 15 is 0 Å². The minimum absolute atomic E-state index is 0.291. The molecule has 4 nitrogen and oxygen atoms in total. The van der Waals surface area contributed by atoms with Crippen molar-refractivity contribution in [3.63, 3.8) is 0 Å². The van der Waals surface area contributed by atoms with Crippen LogP contribution in [0.3, 0.4) is 0 Å². The van der Waals surface area contributed by atoms with Crippen molar-refractivity contribution in [1.29, 1.82) is 0 Å². The smallest absolute Gasteiger partial charge is 0.337 e. The van der Waals surface area contributed by atoms with Gasteiger partial charge in [0.1, 0.15) is 0 Å². The lowest BCUT2D eigenvalue weighted by molar-refractivity contribution is 0.0601. The van der Waals surface area contributed by atoms with Crippen molar-refractivity contribution in [2.45, 2.75) is 6.42 Å². The van der Waals surface area contributed by atoms with Gasteiger partial charge in [-0.1, -0.05) is 6.08 Å². The number of nitrogens with zero attached hydrogens (tertiary/aromatic N) is 1. The summed E-state index contributed by atoms with van der Waals surface area (Å²) < 4.78 is 6.91. The van der Waals surface area contributed by atoms with Gasteiger partial charge in [0.25, 0.3) is 0 Å². The van der Waals surface area contributed by atoms with Gasteiger partial charge in [0.15, 0.2) is 0 Å². The summed E-state index contributed by atoms with van der Waals surface area (Å²) in [6.07, 6.45) is 5.38. The van der Waals surface area contributed by atoms with Crippen LogP contribution in [0.5, 0.6) is 0 Å². The first-order valence-electron chi connectivity index (χ1n) is 6.78. The maximum Gasteiger partial charge on any atom is 0.337 e. The lowest BCUT2D eigenvalue weighted by atomic mass is 9.99. The third kappa shape index (κ3) is 2.12. The number of rotatable bonds is 2. The Kier molecular flexibility index (Phi) is 3.32. The van der Waals surface area contributed by atoms with Crippen LogP contribution in [0.2, 0.25) is 0 Å². The number of hydrogen-bond donors (Lipinski definition) is 1. The number of carbonyl (C=O) groups excluding carboxylic acids is 1. The zero-order valence-electron chi connectivity index (χ0n) is 11.8. The van der Waals surface area contributed by atoms with Gasteiger partial charge in [0.2, 0.25) is 0 Å². The summed E-state index contributed by atoms with van der Waals surface area (Å²) in [5.74, 6) is -0.291. The van der Waals surface area contributed by atoms with E-state index in [1.165, 1.54) is 18.2 Å². The summed E-state index contributed by atoms with van der Waals surface area (Å²) in [4.78, 5) is 11.7. The topological polar surface area (TPSA) is 43.3 Å². The van der Waals surface area contributed by atoms with Crippen LogP contribution in [0.4, 0.5) is 0 Å². The van der Waals surface area contributed by atoms with Gasteiger partial charge in [-0.05, 0) is 36.7 Å². The van der Waals surface area contributed by atoms with Gasteiger partial charge in [-0.25, -0.2) is 4.79 Å². The first-order valence-corrected chi connectivity index (χ1v) is 6.78. The normalized spacial score (nSPS) is 15.2. The summed E-state index contributed by atoms with van der Waals surface area (Å²) >= 11 is 0. The molecule has 0 radical (unpaired) electrons. The van der Waals surface area contributed by atoms with Crippen LogP contribution in [-0.4, -0.2) is 30.7 Å². The molecule has 0 bridgehead atoms. The Bertz CT molecular complexity index is 698. The van der Waals surface area contributed by atoms with E-state index in [1.54, 1.807) is 0 Å². The Morgan fingerprint density at radius 3 is 2.95 bits per heavy atom. The van der Waals surface area contributed by atoms with Crippen LogP contribution in [0, 0.1) is 0 Å². The quantitative estimate of drug-likeness (QED) is 0.852. The molecule has 3 rings (SSSR count). The molecule has 1 aromatic heterocycles. The van der Waals surface area contributed by atoms with Crippen molar-refractivity contribution in [2.24, 2.45) is 7.05 Å². The summed E-state index contributed by atoms with van der Waals surface area (Å²) in [6, 6.07) is 5.72. The second-order valence-corrected chi connectivity index (χ2v) is 5.06. The van der Waals surface area contributed by atoms with E-state index in [9.17, 15) is 4.79 Å². The molecule has 1 aliphatic heterocycles. The van der Waals surface area contributed by atoms with Gasteiger partial charge >= 0.3 is 5.97 Å². The Morgan fingerprint density at radius 2 is 2.25 bits per heavy atom. The van der Waals surface area contributed by atoms with Crippen molar-refractivity contribution in [3.8, 4) is 0 Å². The van der Waals surface area contributed by atoms with E-state index in [-0.39, 0.29) is 5.97 Å². The fraction of sp³-hybridized carbons (Fsp3) is 0.312. The van der Waals surface area contributed by atoms with Crippen LogP contribution in [0.25, 0.3) is 16.5 Å². The molecule has 0 aliphatic carbocycles. The number of benzene rings is 1. The highest BCUT2D eigenvalue weighted by Crippen LogP contribution is 2.30. The predicted molar refractivity (Wildman–Crippen MR) is 79.7 cm³/mol. The van der Waals surface area contributed by atoms with Crippen molar-refractivity contribution in [2.75, 3.05) is 20.2 Å². The van der Waals surface area contributed by atoms with Crippen molar-refractivity contribution < 1.29 is 9.53 Å². The van der Waals surface area contributed by atoms with E-state index in [1.807, 2.05) is 25.2 Å². The summed E-state index contributed by atoms with van der Waals surface area (Å²) in [7, 11) is 3.44. The number of methoxy groups -OCH3 is 1. The van der Waals surface area contributed by atoms with Crippen molar-refractivity contribution in [3.05, 3.63) is 41.6 Å². The fourth-order valence-corrected chi connectivity index (χ4v) is 2.76. The lowest BCUT2D eigenvalue weighted by Crippen LogP contribution is -2.19. The van der Waals surface area contributed by atoms with Gasteiger partial charge in [-0.15, -0.1) is 0 Å². The number of ether oxygens (including phenoxy) is 1. The number of carbonyl (C=O) groups is 1. The standard InChI is InChI=1S/C16H18N2O2/c1-18-10-14(11-5-7-17-8-6-11)13-9-12(16(19)20-2)3-4-15(13)18/h3-5,9-10,17H,6-8H2,1-2H3. The molecule has 0 saturated heterocycles. The summed E-state index contributed by atoms with van der Waals surface area (Å²) in [5.41, 5.74) is 4.29. The van der Waals surface area contributed by atoms with Crippen LogP contribution < -0.4 is 5.32 Å². The summed E-state index contributed by atoms with van der Waals surface area (Å²) in [6.45, 7) is 1.90. The zero-order valence-corrected chi connectivity index (χ0v) is 11.8. The molecule has 0 unspecified atom stereocenters. The number of esters is 1. The molecular formula is C16H18N2O2. The molecule has 2 heterocycles. The van der Waals surface area contributed by atoms with Gasteiger partial charge in [-0.2, -0.15) is 0 Å². The first-order chi connectivity index (χ1) is 9.70. The van der Waals surface area contributed by atoms with Gasteiger partial charge < -0.3 is 14.6 Å². The Morgan fingerprint density at radius 1 is 1.40 bits per heavy atom. The number of hydrogen-bond acceptors (Lipinski definition) is 3. The van der Waals surface area contributed by atoms with Crippen LogP contribution in [-0.2, 0) is 11.8 Å². The third-order valence-electron chi connectivity index (χ3n) is 3.82. The molecule has 2 aromatic rings. The maximum atomic E-state index is 11.7. The van der Waals surface area contributed by atoms with Gasteiger partial charge in [0, 0.05) is 36.3 Å². The second kappa shape index (κ2) is 5.13. The molecule has 0 amide bonds. The zero-order chi connectivity index (χ0) is 14.1. The predicted octanol–water partition coefficient (Wildman–Crippen LogP) is 2.34. The first kappa shape index (κ1) is 12.9.